The van der Waals surface area contributed by atoms with Gasteiger partial charge in [0.2, 0.25) is 0 Å². The van der Waals surface area contributed by atoms with Crippen LogP contribution in [0.4, 0.5) is 0 Å². The number of aryl methyl sites for hydroxylation is 1. The Hall–Kier alpha value is -1.01. The molecule has 0 aromatic carbocycles. The van der Waals surface area contributed by atoms with E-state index in [1.54, 1.807) is 17.8 Å². The molecular weight excluding hydrogens is 192 g/mol. The summed E-state index contributed by atoms with van der Waals surface area (Å²) in [5, 5.41) is 10.3. The van der Waals surface area contributed by atoms with E-state index in [1.165, 1.54) is 0 Å². The first-order chi connectivity index (χ1) is 6.65. The minimum atomic E-state index is 0.552. The van der Waals surface area contributed by atoms with E-state index in [4.69, 9.17) is 5.26 Å². The average Bonchev–Trinajstić information content (AvgIpc) is 2.16. The molecule has 0 aliphatic heterocycles. The molecule has 0 radical (unpaired) electrons. The Bertz CT molecular complexity index is 355. The van der Waals surface area contributed by atoms with Gasteiger partial charge in [0.1, 0.15) is 0 Å². The van der Waals surface area contributed by atoms with Gasteiger partial charge in [-0.3, -0.25) is 0 Å². The highest BCUT2D eigenvalue weighted by atomic mass is 32.2. The first-order valence-electron chi connectivity index (χ1n) is 4.71. The highest BCUT2D eigenvalue weighted by Crippen LogP contribution is 2.24. The molecule has 0 aliphatic carbocycles. The largest absolute Gasteiger partial charge is 0.247 e. The lowest BCUT2D eigenvalue weighted by Crippen LogP contribution is -1.95. The van der Waals surface area contributed by atoms with E-state index in [1.807, 2.05) is 13.0 Å². The van der Waals surface area contributed by atoms with Crippen molar-refractivity contribution in [2.24, 2.45) is 0 Å². The van der Waals surface area contributed by atoms with Crippen LogP contribution < -0.4 is 0 Å². The van der Waals surface area contributed by atoms with Gasteiger partial charge in [-0.05, 0) is 25.5 Å². The van der Waals surface area contributed by atoms with E-state index < -0.39 is 0 Å². The van der Waals surface area contributed by atoms with Crippen LogP contribution in [0.2, 0.25) is 0 Å². The van der Waals surface area contributed by atoms with E-state index in [2.05, 4.69) is 24.9 Å². The van der Waals surface area contributed by atoms with Gasteiger partial charge in [0.25, 0.3) is 0 Å². The summed E-state index contributed by atoms with van der Waals surface area (Å²) >= 11 is 1.73. The van der Waals surface area contributed by atoms with Crippen molar-refractivity contribution in [2.75, 3.05) is 0 Å². The van der Waals surface area contributed by atoms with Crippen molar-refractivity contribution in [2.45, 2.75) is 37.5 Å². The summed E-state index contributed by atoms with van der Waals surface area (Å²) in [6, 6.07) is 5.80. The molecule has 0 fully saturated rings. The van der Waals surface area contributed by atoms with Crippen LogP contribution in [-0.4, -0.2) is 10.2 Å². The molecule has 0 saturated carbocycles. The fourth-order valence-corrected chi connectivity index (χ4v) is 2.02. The van der Waals surface area contributed by atoms with Gasteiger partial charge in [-0.1, -0.05) is 13.8 Å². The number of hydrogen-bond donors (Lipinski definition) is 0. The predicted octanol–water partition coefficient (Wildman–Crippen LogP) is 3.15. The van der Waals surface area contributed by atoms with Crippen molar-refractivity contribution in [1.82, 2.24) is 4.98 Å². The van der Waals surface area contributed by atoms with Gasteiger partial charge in [0.15, 0.2) is 0 Å². The Morgan fingerprint density at radius 1 is 1.57 bits per heavy atom. The Morgan fingerprint density at radius 2 is 2.29 bits per heavy atom. The van der Waals surface area contributed by atoms with Gasteiger partial charge in [-0.25, -0.2) is 4.98 Å². The highest BCUT2D eigenvalue weighted by Gasteiger charge is 2.04. The second kappa shape index (κ2) is 5.02. The SMILES string of the molecule is CCC(C)Sc1cc(C#N)cc(C)n1. The zero-order valence-corrected chi connectivity index (χ0v) is 9.56. The van der Waals surface area contributed by atoms with E-state index in [9.17, 15) is 0 Å². The van der Waals surface area contributed by atoms with E-state index >= 15 is 0 Å². The highest BCUT2D eigenvalue weighted by molar-refractivity contribution is 7.99. The van der Waals surface area contributed by atoms with Crippen LogP contribution >= 0.6 is 11.8 Å². The molecule has 2 nitrogen and oxygen atoms in total. The molecule has 0 amide bonds. The maximum Gasteiger partial charge on any atom is 0.0993 e. The topological polar surface area (TPSA) is 36.7 Å². The first kappa shape index (κ1) is 11.1. The second-order valence-electron chi connectivity index (χ2n) is 3.28. The van der Waals surface area contributed by atoms with Crippen LogP contribution in [0.3, 0.4) is 0 Å². The molecule has 0 saturated heterocycles. The average molecular weight is 206 g/mol. The summed E-state index contributed by atoms with van der Waals surface area (Å²) in [6.45, 7) is 6.24. The molecule has 1 aromatic heterocycles. The van der Waals surface area contributed by atoms with Crippen molar-refractivity contribution in [3.05, 3.63) is 23.4 Å². The van der Waals surface area contributed by atoms with Gasteiger partial charge in [-0.2, -0.15) is 5.26 Å². The van der Waals surface area contributed by atoms with Crippen LogP contribution in [0.25, 0.3) is 0 Å². The maximum absolute atomic E-state index is 8.79. The Balaban J connectivity index is 2.88. The summed E-state index contributed by atoms with van der Waals surface area (Å²) in [7, 11) is 0. The van der Waals surface area contributed by atoms with E-state index in [-0.39, 0.29) is 0 Å². The quantitative estimate of drug-likeness (QED) is 0.713. The molecule has 0 N–H and O–H groups in total. The summed E-state index contributed by atoms with van der Waals surface area (Å²) in [5.41, 5.74) is 1.61. The van der Waals surface area contributed by atoms with E-state index in [0.29, 0.717) is 10.8 Å². The Labute approximate surface area is 89.4 Å². The predicted molar refractivity (Wildman–Crippen MR) is 59.3 cm³/mol. The van der Waals surface area contributed by atoms with Crippen molar-refractivity contribution < 1.29 is 0 Å². The third kappa shape index (κ3) is 3.04. The van der Waals surface area contributed by atoms with Crippen LogP contribution in [0.5, 0.6) is 0 Å². The molecule has 1 heterocycles. The first-order valence-corrected chi connectivity index (χ1v) is 5.59. The van der Waals surface area contributed by atoms with Gasteiger partial charge >= 0.3 is 0 Å². The summed E-state index contributed by atoms with van der Waals surface area (Å²) in [6.07, 6.45) is 1.11. The molecule has 3 heteroatoms. The van der Waals surface area contributed by atoms with Crippen LogP contribution in [0.15, 0.2) is 17.2 Å². The van der Waals surface area contributed by atoms with Crippen molar-refractivity contribution in [3.8, 4) is 6.07 Å². The fourth-order valence-electron chi connectivity index (χ4n) is 1.05. The van der Waals surface area contributed by atoms with Gasteiger partial charge in [0, 0.05) is 10.9 Å². The lowest BCUT2D eigenvalue weighted by Gasteiger charge is -2.07. The Morgan fingerprint density at radius 3 is 2.86 bits per heavy atom. The number of hydrogen-bond acceptors (Lipinski definition) is 3. The fraction of sp³-hybridized carbons (Fsp3) is 0.455. The molecule has 1 rings (SSSR count). The molecule has 1 atom stereocenters. The zero-order chi connectivity index (χ0) is 10.6. The lowest BCUT2D eigenvalue weighted by atomic mass is 10.2. The van der Waals surface area contributed by atoms with Crippen molar-refractivity contribution in [3.63, 3.8) is 0 Å². The number of pyridine rings is 1. The molecular formula is C11H14N2S. The third-order valence-corrected chi connectivity index (χ3v) is 3.14. The smallest absolute Gasteiger partial charge is 0.0993 e. The summed E-state index contributed by atoms with van der Waals surface area (Å²) in [4.78, 5) is 4.38. The number of thioether (sulfide) groups is 1. The molecule has 1 aromatic rings. The number of aromatic nitrogens is 1. The molecule has 0 aliphatic rings. The van der Waals surface area contributed by atoms with Crippen LogP contribution in [-0.2, 0) is 0 Å². The normalized spacial score (nSPS) is 12.1. The van der Waals surface area contributed by atoms with E-state index in [0.717, 1.165) is 17.1 Å². The molecule has 0 spiro atoms. The second-order valence-corrected chi connectivity index (χ2v) is 4.74. The zero-order valence-electron chi connectivity index (χ0n) is 8.74. The number of nitrogens with zero attached hydrogens (tertiary/aromatic N) is 2. The molecule has 14 heavy (non-hydrogen) atoms. The standard InChI is InChI=1S/C11H14N2S/c1-4-9(3)14-11-6-10(7-12)5-8(2)13-11/h5-6,9H,4H2,1-3H3. The minimum absolute atomic E-state index is 0.552. The number of rotatable bonds is 3. The summed E-state index contributed by atoms with van der Waals surface area (Å²) < 4.78 is 0. The van der Waals surface area contributed by atoms with Gasteiger partial charge in [0.05, 0.1) is 16.7 Å². The van der Waals surface area contributed by atoms with Gasteiger partial charge < -0.3 is 0 Å². The lowest BCUT2D eigenvalue weighted by molar-refractivity contribution is 0.899. The Kier molecular flexibility index (Phi) is 3.97. The number of nitriles is 1. The minimum Gasteiger partial charge on any atom is -0.247 e. The summed E-state index contributed by atoms with van der Waals surface area (Å²) in [5.74, 6) is 0. The van der Waals surface area contributed by atoms with Gasteiger partial charge in [-0.15, -0.1) is 11.8 Å². The molecule has 0 bridgehead atoms. The third-order valence-electron chi connectivity index (χ3n) is 1.96. The molecule has 1 unspecified atom stereocenters. The van der Waals surface area contributed by atoms with Crippen molar-refractivity contribution in [1.29, 1.82) is 5.26 Å². The van der Waals surface area contributed by atoms with Crippen LogP contribution in [0, 0.1) is 18.3 Å². The van der Waals surface area contributed by atoms with Crippen LogP contribution in [0.1, 0.15) is 31.5 Å². The van der Waals surface area contributed by atoms with Crippen molar-refractivity contribution >= 4 is 11.8 Å². The monoisotopic (exact) mass is 206 g/mol. The molecule has 74 valence electrons. The maximum atomic E-state index is 8.79.